The summed E-state index contributed by atoms with van der Waals surface area (Å²) in [4.78, 5) is 2.50. The van der Waals surface area contributed by atoms with Crippen molar-refractivity contribution in [2.45, 2.75) is 13.5 Å². The van der Waals surface area contributed by atoms with Crippen molar-refractivity contribution in [2.24, 2.45) is 0 Å². The van der Waals surface area contributed by atoms with Crippen LogP contribution in [0, 0.1) is 6.92 Å². The molecular weight excluding hydrogens is 362 g/mol. The molecule has 0 amide bonds. The van der Waals surface area contributed by atoms with Gasteiger partial charge in [0, 0.05) is 26.8 Å². The summed E-state index contributed by atoms with van der Waals surface area (Å²) in [5.41, 5.74) is 0.848. The predicted molar refractivity (Wildman–Crippen MR) is 88.6 cm³/mol. The summed E-state index contributed by atoms with van der Waals surface area (Å²) < 4.78 is 11.7. The van der Waals surface area contributed by atoms with E-state index in [4.69, 9.17) is 21.1 Å². The van der Waals surface area contributed by atoms with Crippen molar-refractivity contribution in [3.8, 4) is 11.5 Å². The van der Waals surface area contributed by atoms with Crippen molar-refractivity contribution in [2.75, 3.05) is 19.5 Å². The summed E-state index contributed by atoms with van der Waals surface area (Å²) in [6, 6.07) is 5.71. The number of rotatable bonds is 5. The Morgan fingerprint density at radius 2 is 1.90 bits per heavy atom. The Bertz CT molecular complexity index is 596. The zero-order valence-corrected chi connectivity index (χ0v) is 14.6. The lowest BCUT2D eigenvalue weighted by atomic mass is 10.2. The van der Waals surface area contributed by atoms with Gasteiger partial charge < -0.3 is 14.8 Å². The zero-order valence-electron chi connectivity index (χ0n) is 11.4. The Balaban J connectivity index is 2.18. The zero-order chi connectivity index (χ0) is 14.7. The minimum Gasteiger partial charge on any atom is -0.495 e. The number of anilines is 1. The first-order valence-corrected chi connectivity index (χ1v) is 7.94. The molecule has 0 saturated heterocycles. The lowest BCUT2D eigenvalue weighted by molar-refractivity contribution is 0.395. The van der Waals surface area contributed by atoms with Gasteiger partial charge in [-0.2, -0.15) is 0 Å². The first kappa shape index (κ1) is 15.5. The molecule has 1 aromatic carbocycles. The normalized spacial score (nSPS) is 10.4. The van der Waals surface area contributed by atoms with Gasteiger partial charge in [-0.3, -0.25) is 0 Å². The van der Waals surface area contributed by atoms with Gasteiger partial charge in [-0.25, -0.2) is 0 Å². The van der Waals surface area contributed by atoms with Gasteiger partial charge in [0.2, 0.25) is 0 Å². The summed E-state index contributed by atoms with van der Waals surface area (Å²) in [7, 11) is 3.21. The van der Waals surface area contributed by atoms with E-state index in [2.05, 4.69) is 34.2 Å². The van der Waals surface area contributed by atoms with E-state index in [-0.39, 0.29) is 0 Å². The second-order valence-corrected chi connectivity index (χ2v) is 6.76. The fourth-order valence-corrected chi connectivity index (χ4v) is 3.57. The van der Waals surface area contributed by atoms with Crippen LogP contribution in [-0.2, 0) is 6.54 Å². The van der Waals surface area contributed by atoms with Crippen molar-refractivity contribution >= 4 is 44.6 Å². The van der Waals surface area contributed by atoms with Crippen LogP contribution in [0.1, 0.15) is 9.75 Å². The minimum absolute atomic E-state index is 0.555. The van der Waals surface area contributed by atoms with E-state index in [1.807, 2.05) is 6.07 Å². The van der Waals surface area contributed by atoms with Crippen LogP contribution in [0.5, 0.6) is 11.5 Å². The van der Waals surface area contributed by atoms with Crippen molar-refractivity contribution < 1.29 is 9.47 Å². The number of nitrogens with one attached hydrogen (secondary N) is 1. The van der Waals surface area contributed by atoms with Gasteiger partial charge in [0.1, 0.15) is 11.5 Å². The van der Waals surface area contributed by atoms with Crippen LogP contribution >= 0.6 is 38.9 Å². The van der Waals surface area contributed by atoms with E-state index >= 15 is 0 Å². The maximum atomic E-state index is 6.14. The lowest BCUT2D eigenvalue weighted by Gasteiger charge is -2.13. The maximum Gasteiger partial charge on any atom is 0.145 e. The Morgan fingerprint density at radius 3 is 2.45 bits per heavy atom. The average molecular weight is 377 g/mol. The van der Waals surface area contributed by atoms with Gasteiger partial charge in [0.05, 0.1) is 24.9 Å². The highest BCUT2D eigenvalue weighted by Crippen LogP contribution is 2.36. The molecule has 0 radical (unpaired) electrons. The predicted octanol–water partition coefficient (Wildman–Crippen LogP) is 5.10. The average Bonchev–Trinajstić information content (AvgIpc) is 2.75. The van der Waals surface area contributed by atoms with E-state index in [1.165, 1.54) is 9.75 Å². The molecule has 0 aliphatic carbocycles. The number of thiophene rings is 1. The number of aryl methyl sites for hydroxylation is 1. The van der Waals surface area contributed by atoms with E-state index in [9.17, 15) is 0 Å². The third kappa shape index (κ3) is 3.40. The molecule has 0 spiro atoms. The third-order valence-electron chi connectivity index (χ3n) is 2.84. The van der Waals surface area contributed by atoms with Crippen LogP contribution in [-0.4, -0.2) is 14.2 Å². The molecule has 1 N–H and O–H groups in total. The highest BCUT2D eigenvalue weighted by atomic mass is 79.9. The molecule has 6 heteroatoms. The monoisotopic (exact) mass is 375 g/mol. The second kappa shape index (κ2) is 6.70. The maximum absolute atomic E-state index is 6.14. The van der Waals surface area contributed by atoms with Gasteiger partial charge in [-0.05, 0) is 35.0 Å². The molecule has 20 heavy (non-hydrogen) atoms. The van der Waals surface area contributed by atoms with E-state index in [0.717, 1.165) is 16.7 Å². The SMILES string of the molecule is COc1cc(OC)c(NCc2cc(Br)c(C)s2)cc1Cl. The number of ether oxygens (including phenoxy) is 2. The molecule has 0 saturated carbocycles. The summed E-state index contributed by atoms with van der Waals surface area (Å²) in [6.07, 6.45) is 0. The topological polar surface area (TPSA) is 30.5 Å². The molecule has 3 nitrogen and oxygen atoms in total. The van der Waals surface area contributed by atoms with Crippen molar-refractivity contribution in [1.82, 2.24) is 0 Å². The molecule has 108 valence electrons. The number of halogens is 2. The Morgan fingerprint density at radius 1 is 1.20 bits per heavy atom. The Kier molecular flexibility index (Phi) is 5.18. The standard InChI is InChI=1S/C14H15BrClNO2S/c1-8-10(15)4-9(20-8)7-17-12-5-11(16)13(18-2)6-14(12)19-3/h4-6,17H,7H2,1-3H3. The Labute approximate surface area is 136 Å². The van der Waals surface area contributed by atoms with E-state index in [0.29, 0.717) is 16.5 Å². The number of hydrogen-bond acceptors (Lipinski definition) is 4. The molecule has 2 aromatic rings. The molecule has 0 bridgehead atoms. The van der Waals surface area contributed by atoms with Crippen molar-refractivity contribution in [3.05, 3.63) is 37.4 Å². The molecule has 2 rings (SSSR count). The second-order valence-electron chi connectivity index (χ2n) is 4.16. The molecule has 0 aliphatic heterocycles. The minimum atomic E-state index is 0.555. The van der Waals surface area contributed by atoms with Crippen molar-refractivity contribution in [1.29, 1.82) is 0 Å². The quantitative estimate of drug-likeness (QED) is 0.787. The molecule has 1 aromatic heterocycles. The highest BCUT2D eigenvalue weighted by Gasteiger charge is 2.10. The summed E-state index contributed by atoms with van der Waals surface area (Å²) >= 11 is 11.4. The number of methoxy groups -OCH3 is 2. The molecule has 0 unspecified atom stereocenters. The van der Waals surface area contributed by atoms with Gasteiger partial charge in [-0.1, -0.05) is 11.6 Å². The summed E-state index contributed by atoms with van der Waals surface area (Å²) in [5, 5.41) is 3.89. The fraction of sp³-hybridized carbons (Fsp3) is 0.286. The molecular formula is C14H15BrClNO2S. The first-order chi connectivity index (χ1) is 9.55. The molecule has 0 atom stereocenters. The summed E-state index contributed by atoms with van der Waals surface area (Å²) in [5.74, 6) is 1.31. The van der Waals surface area contributed by atoms with E-state index < -0.39 is 0 Å². The largest absolute Gasteiger partial charge is 0.495 e. The molecule has 0 fully saturated rings. The molecule has 0 aliphatic rings. The van der Waals surface area contributed by atoms with Gasteiger partial charge in [0.15, 0.2) is 0 Å². The van der Waals surface area contributed by atoms with Crippen LogP contribution in [0.15, 0.2) is 22.7 Å². The van der Waals surface area contributed by atoms with Gasteiger partial charge in [0.25, 0.3) is 0 Å². The smallest absolute Gasteiger partial charge is 0.145 e. The fourth-order valence-electron chi connectivity index (χ4n) is 1.79. The Hall–Kier alpha value is -0.910. The van der Waals surface area contributed by atoms with Gasteiger partial charge in [-0.15, -0.1) is 11.3 Å². The van der Waals surface area contributed by atoms with Crippen LogP contribution in [0.2, 0.25) is 5.02 Å². The van der Waals surface area contributed by atoms with Crippen molar-refractivity contribution in [3.63, 3.8) is 0 Å². The van der Waals surface area contributed by atoms with Crippen LogP contribution < -0.4 is 14.8 Å². The van der Waals surface area contributed by atoms with Gasteiger partial charge >= 0.3 is 0 Å². The van der Waals surface area contributed by atoms with Crippen LogP contribution in [0.3, 0.4) is 0 Å². The summed E-state index contributed by atoms with van der Waals surface area (Å²) in [6.45, 7) is 2.80. The lowest BCUT2D eigenvalue weighted by Crippen LogP contribution is -2.00. The van der Waals surface area contributed by atoms with Crippen LogP contribution in [0.4, 0.5) is 5.69 Å². The number of benzene rings is 1. The third-order valence-corrected chi connectivity index (χ3v) is 5.27. The number of hydrogen-bond donors (Lipinski definition) is 1. The van der Waals surface area contributed by atoms with E-state index in [1.54, 1.807) is 31.6 Å². The van der Waals surface area contributed by atoms with Crippen LogP contribution in [0.25, 0.3) is 0 Å². The molecule has 1 heterocycles. The first-order valence-electron chi connectivity index (χ1n) is 5.95. The highest BCUT2D eigenvalue weighted by molar-refractivity contribution is 9.10.